The monoisotopic (exact) mass is 438 g/mol. The molecule has 166 valence electrons. The van der Waals surface area contributed by atoms with Gasteiger partial charge in [0.1, 0.15) is 6.29 Å². The van der Waals surface area contributed by atoms with Gasteiger partial charge in [-0.3, -0.25) is 9.59 Å². The summed E-state index contributed by atoms with van der Waals surface area (Å²) in [7, 11) is -2.74. The highest BCUT2D eigenvalue weighted by molar-refractivity contribution is 6.99. The fourth-order valence-electron chi connectivity index (χ4n) is 3.96. The van der Waals surface area contributed by atoms with Crippen LogP contribution < -0.4 is 10.4 Å². The van der Waals surface area contributed by atoms with Crippen molar-refractivity contribution >= 4 is 30.9 Å². The fraction of sp³-hybridized carbons (Fsp3) is 0.385. The number of carbonyl (C=O) groups excluding carboxylic acids is 2. The summed E-state index contributed by atoms with van der Waals surface area (Å²) in [6.45, 7) is 8.85. The number of carbonyl (C=O) groups is 2. The second-order valence-corrected chi connectivity index (χ2v) is 12.8. The molecule has 4 nitrogen and oxygen atoms in total. The van der Waals surface area contributed by atoms with Crippen molar-refractivity contribution in [2.75, 3.05) is 6.61 Å². The predicted molar refractivity (Wildman–Crippen MR) is 128 cm³/mol. The molecule has 0 aliphatic rings. The van der Waals surface area contributed by atoms with Crippen LogP contribution in [0.1, 0.15) is 47.0 Å². The Morgan fingerprint density at radius 2 is 1.55 bits per heavy atom. The van der Waals surface area contributed by atoms with Crippen molar-refractivity contribution in [1.29, 1.82) is 0 Å². The van der Waals surface area contributed by atoms with E-state index in [0.717, 1.165) is 6.29 Å². The minimum Gasteiger partial charge on any atom is -0.466 e. The molecule has 2 rings (SSSR count). The number of esters is 1. The van der Waals surface area contributed by atoms with E-state index in [-0.39, 0.29) is 17.1 Å². The van der Waals surface area contributed by atoms with Gasteiger partial charge in [0.25, 0.3) is 8.32 Å². The molecule has 0 unspecified atom stereocenters. The summed E-state index contributed by atoms with van der Waals surface area (Å²) < 4.78 is 12.1. The Morgan fingerprint density at radius 3 is 2.00 bits per heavy atom. The molecule has 1 atom stereocenters. The lowest BCUT2D eigenvalue weighted by molar-refractivity contribution is -0.143. The van der Waals surface area contributed by atoms with Gasteiger partial charge >= 0.3 is 5.97 Å². The molecule has 0 spiro atoms. The van der Waals surface area contributed by atoms with Gasteiger partial charge in [0.2, 0.25) is 0 Å². The van der Waals surface area contributed by atoms with Gasteiger partial charge in [-0.2, -0.15) is 0 Å². The van der Waals surface area contributed by atoms with Gasteiger partial charge in [-0.05, 0) is 41.3 Å². The molecule has 0 fully saturated rings. The summed E-state index contributed by atoms with van der Waals surface area (Å²) >= 11 is 0. The molecule has 0 bridgehead atoms. The molecule has 2 aromatic carbocycles. The summed E-state index contributed by atoms with van der Waals surface area (Å²) in [6, 6.07) is 20.8. The summed E-state index contributed by atoms with van der Waals surface area (Å²) in [5.41, 5.74) is 0. The van der Waals surface area contributed by atoms with Crippen LogP contribution in [0.3, 0.4) is 0 Å². The summed E-state index contributed by atoms with van der Waals surface area (Å²) in [6.07, 6.45) is 5.39. The third-order valence-electron chi connectivity index (χ3n) is 5.32. The van der Waals surface area contributed by atoms with Crippen LogP contribution in [0.15, 0.2) is 72.8 Å². The van der Waals surface area contributed by atoms with E-state index < -0.39 is 8.32 Å². The van der Waals surface area contributed by atoms with Crippen LogP contribution in [-0.2, 0) is 18.8 Å². The van der Waals surface area contributed by atoms with Crippen LogP contribution >= 0.6 is 0 Å². The molecular formula is C26H34O4Si. The van der Waals surface area contributed by atoms with Crippen molar-refractivity contribution in [2.24, 2.45) is 0 Å². The molecule has 0 radical (unpaired) electrons. The molecule has 31 heavy (non-hydrogen) atoms. The van der Waals surface area contributed by atoms with Gasteiger partial charge in [0.15, 0.2) is 0 Å². The molecule has 2 aromatic rings. The lowest BCUT2D eigenvalue weighted by Crippen LogP contribution is -2.67. The average molecular weight is 439 g/mol. The van der Waals surface area contributed by atoms with Crippen molar-refractivity contribution in [3.63, 3.8) is 0 Å². The maximum absolute atomic E-state index is 11.8. The molecule has 0 saturated carbocycles. The van der Waals surface area contributed by atoms with Crippen molar-refractivity contribution in [2.45, 2.75) is 58.1 Å². The van der Waals surface area contributed by atoms with Crippen LogP contribution in [-0.4, -0.2) is 33.3 Å². The Morgan fingerprint density at radius 1 is 1.00 bits per heavy atom. The van der Waals surface area contributed by atoms with Gasteiger partial charge in [-0.25, -0.2) is 0 Å². The highest BCUT2D eigenvalue weighted by Crippen LogP contribution is 2.38. The first-order chi connectivity index (χ1) is 14.8. The summed E-state index contributed by atoms with van der Waals surface area (Å²) in [5.74, 6) is -0.203. The largest absolute Gasteiger partial charge is 0.466 e. The zero-order valence-electron chi connectivity index (χ0n) is 19.0. The van der Waals surface area contributed by atoms with Gasteiger partial charge in [0.05, 0.1) is 12.7 Å². The van der Waals surface area contributed by atoms with E-state index in [1.54, 1.807) is 6.92 Å². The zero-order chi connectivity index (χ0) is 22.7. The van der Waals surface area contributed by atoms with Crippen LogP contribution in [0.2, 0.25) is 5.04 Å². The Bertz CT molecular complexity index is 801. The molecule has 0 heterocycles. The number of hydrogen-bond donors (Lipinski definition) is 0. The molecule has 0 aliphatic heterocycles. The summed E-state index contributed by atoms with van der Waals surface area (Å²) in [4.78, 5) is 22.9. The van der Waals surface area contributed by atoms with E-state index in [1.165, 1.54) is 16.4 Å². The SMILES string of the molecule is CCOC(=O)CCC[C@@H](/C=C/C=O)O[Si](c1ccccc1)(c1ccccc1)C(C)(C)C. The topological polar surface area (TPSA) is 52.6 Å². The molecular weight excluding hydrogens is 404 g/mol. The van der Waals surface area contributed by atoms with Gasteiger partial charge in [-0.15, -0.1) is 0 Å². The number of allylic oxidation sites excluding steroid dienone is 1. The molecule has 0 aromatic heterocycles. The zero-order valence-corrected chi connectivity index (χ0v) is 20.0. The molecule has 5 heteroatoms. The van der Waals surface area contributed by atoms with Crippen LogP contribution in [0.25, 0.3) is 0 Å². The van der Waals surface area contributed by atoms with E-state index in [9.17, 15) is 9.59 Å². The van der Waals surface area contributed by atoms with Gasteiger partial charge in [-0.1, -0.05) is 87.5 Å². The van der Waals surface area contributed by atoms with Crippen molar-refractivity contribution < 1.29 is 18.8 Å². The van der Waals surface area contributed by atoms with Gasteiger partial charge in [0, 0.05) is 6.42 Å². The highest BCUT2D eigenvalue weighted by Gasteiger charge is 2.51. The van der Waals surface area contributed by atoms with E-state index in [0.29, 0.717) is 25.9 Å². The Kier molecular flexibility index (Phi) is 9.40. The Balaban J connectivity index is 2.47. The van der Waals surface area contributed by atoms with E-state index in [4.69, 9.17) is 9.16 Å². The predicted octanol–water partition coefficient (Wildman–Crippen LogP) is 4.42. The smallest absolute Gasteiger partial charge is 0.305 e. The second-order valence-electron chi connectivity index (χ2n) is 8.54. The normalized spacial score (nSPS) is 13.2. The first kappa shape index (κ1) is 24.8. The molecule has 0 N–H and O–H groups in total. The minimum atomic E-state index is -2.74. The maximum Gasteiger partial charge on any atom is 0.305 e. The minimum absolute atomic E-state index is 0.163. The third-order valence-corrected chi connectivity index (χ3v) is 10.4. The first-order valence-corrected chi connectivity index (χ1v) is 12.8. The Labute approximate surface area is 187 Å². The standard InChI is InChI=1S/C26H34O4Si/c1-5-29-25(28)20-12-14-22(15-13-21-27)30-31(26(2,3)4,23-16-8-6-9-17-23)24-18-10-7-11-19-24/h6-11,13,15-19,21-22H,5,12,14,20H2,1-4H3/b15-13+/t22-/m0/s1. The highest BCUT2D eigenvalue weighted by atomic mass is 28.4. The molecule has 0 amide bonds. The van der Waals surface area contributed by atoms with Crippen molar-refractivity contribution in [3.05, 3.63) is 72.8 Å². The average Bonchev–Trinajstić information content (AvgIpc) is 2.76. The summed E-state index contributed by atoms with van der Waals surface area (Å²) in [5, 5.41) is 2.21. The lowest BCUT2D eigenvalue weighted by Gasteiger charge is -2.44. The van der Waals surface area contributed by atoms with Crippen LogP contribution in [0.5, 0.6) is 0 Å². The first-order valence-electron chi connectivity index (χ1n) is 10.9. The Hall–Kier alpha value is -2.50. The number of hydrogen-bond acceptors (Lipinski definition) is 4. The fourth-order valence-corrected chi connectivity index (χ4v) is 8.63. The molecule has 0 saturated heterocycles. The number of ether oxygens (including phenoxy) is 1. The molecule has 0 aliphatic carbocycles. The van der Waals surface area contributed by atoms with E-state index in [1.807, 2.05) is 42.5 Å². The van der Waals surface area contributed by atoms with Gasteiger partial charge < -0.3 is 9.16 Å². The second kappa shape index (κ2) is 11.8. The lowest BCUT2D eigenvalue weighted by atomic mass is 10.1. The van der Waals surface area contributed by atoms with E-state index >= 15 is 0 Å². The van der Waals surface area contributed by atoms with Crippen LogP contribution in [0.4, 0.5) is 0 Å². The van der Waals surface area contributed by atoms with Crippen LogP contribution in [0, 0.1) is 0 Å². The van der Waals surface area contributed by atoms with E-state index in [2.05, 4.69) is 45.0 Å². The maximum atomic E-state index is 11.8. The number of aldehydes is 1. The number of rotatable bonds is 11. The van der Waals surface area contributed by atoms with Crippen molar-refractivity contribution in [3.8, 4) is 0 Å². The quantitative estimate of drug-likeness (QED) is 0.226. The third kappa shape index (κ3) is 6.49. The van der Waals surface area contributed by atoms with Crippen molar-refractivity contribution in [1.82, 2.24) is 0 Å². The number of benzene rings is 2.